The third-order valence-corrected chi connectivity index (χ3v) is 8.68. The van der Waals surface area contributed by atoms with Crippen molar-refractivity contribution in [3.63, 3.8) is 0 Å². The summed E-state index contributed by atoms with van der Waals surface area (Å²) in [4.78, 5) is 16.4. The number of rotatable bonds is 9. The van der Waals surface area contributed by atoms with Gasteiger partial charge in [-0.15, -0.1) is 0 Å². The number of aromatic nitrogens is 5. The van der Waals surface area contributed by atoms with Crippen molar-refractivity contribution in [1.82, 2.24) is 24.7 Å². The predicted molar refractivity (Wildman–Crippen MR) is 184 cm³/mol. The molecule has 230 valence electrons. The number of hydrazone groups is 1. The van der Waals surface area contributed by atoms with E-state index >= 15 is 0 Å². The zero-order valence-corrected chi connectivity index (χ0v) is 27.0. The molecular formula is C34H35Cl2N9. The topological polar surface area (TPSA) is 96.1 Å². The van der Waals surface area contributed by atoms with E-state index in [2.05, 4.69) is 52.6 Å². The first-order chi connectivity index (χ1) is 21.8. The van der Waals surface area contributed by atoms with Gasteiger partial charge >= 0.3 is 0 Å². The van der Waals surface area contributed by atoms with Gasteiger partial charge in [-0.3, -0.25) is 4.68 Å². The van der Waals surface area contributed by atoms with Crippen molar-refractivity contribution in [2.45, 2.75) is 40.2 Å². The van der Waals surface area contributed by atoms with Crippen LogP contribution in [0.3, 0.4) is 0 Å². The van der Waals surface area contributed by atoms with Gasteiger partial charge in [0, 0.05) is 46.1 Å². The van der Waals surface area contributed by atoms with Crippen LogP contribution in [0.4, 0.5) is 23.5 Å². The Labute approximate surface area is 273 Å². The highest BCUT2D eigenvalue weighted by Gasteiger charge is 2.20. The average molecular weight is 641 g/mol. The van der Waals surface area contributed by atoms with Gasteiger partial charge in [-0.2, -0.15) is 25.2 Å². The molecule has 0 radical (unpaired) electrons. The molecule has 11 heteroatoms. The van der Waals surface area contributed by atoms with Crippen LogP contribution in [0.2, 0.25) is 10.0 Å². The van der Waals surface area contributed by atoms with E-state index in [1.807, 2.05) is 65.5 Å². The zero-order valence-electron chi connectivity index (χ0n) is 25.5. The van der Waals surface area contributed by atoms with Crippen molar-refractivity contribution in [2.24, 2.45) is 11.0 Å². The summed E-state index contributed by atoms with van der Waals surface area (Å²) >= 11 is 12.6. The average Bonchev–Trinajstić information content (AvgIpc) is 3.44. The van der Waals surface area contributed by atoms with Gasteiger partial charge in [-0.1, -0.05) is 78.7 Å². The Morgan fingerprint density at radius 1 is 0.933 bits per heavy atom. The minimum atomic E-state index is 0.351. The van der Waals surface area contributed by atoms with Gasteiger partial charge < -0.3 is 10.2 Å². The summed E-state index contributed by atoms with van der Waals surface area (Å²) in [5.74, 6) is 2.13. The lowest BCUT2D eigenvalue weighted by Crippen LogP contribution is -2.34. The van der Waals surface area contributed by atoms with E-state index in [1.54, 1.807) is 12.3 Å². The maximum Gasteiger partial charge on any atom is 0.250 e. The Morgan fingerprint density at radius 3 is 2.49 bits per heavy atom. The molecule has 2 aromatic heterocycles. The molecule has 0 bridgehead atoms. The molecule has 0 unspecified atom stereocenters. The van der Waals surface area contributed by atoms with E-state index in [-0.39, 0.29) is 0 Å². The number of hydrogen-bond acceptors (Lipinski definition) is 8. The Balaban J connectivity index is 1.29. The lowest BCUT2D eigenvalue weighted by molar-refractivity contribution is 0.434. The molecule has 1 aliphatic heterocycles. The fourth-order valence-electron chi connectivity index (χ4n) is 5.24. The molecule has 0 atom stereocenters. The van der Waals surface area contributed by atoms with E-state index < -0.39 is 0 Å². The van der Waals surface area contributed by atoms with Crippen LogP contribution in [0, 0.1) is 19.8 Å². The maximum absolute atomic E-state index is 6.46. The Bertz CT molecular complexity index is 1810. The standard InChI is InChI=1S/C34H35Cl2N9/c1-22-14-16-44(17-15-22)34-40-32(38-30-11-7-8-23(2)24(30)3)39-33(41-34)42-37-19-27-21-45(20-26-12-13-28(35)18-29(26)36)43-31(27)25-9-5-4-6-10-25/h4-13,18-19,21-22H,14-17,20H2,1-3H3,(H2,38,39,40,41,42)/b37-19-. The third kappa shape index (κ3) is 7.44. The van der Waals surface area contributed by atoms with Crippen LogP contribution in [-0.4, -0.2) is 44.0 Å². The number of piperidine rings is 1. The first-order valence-corrected chi connectivity index (χ1v) is 15.8. The summed E-state index contributed by atoms with van der Waals surface area (Å²) in [7, 11) is 0. The van der Waals surface area contributed by atoms with Crippen LogP contribution < -0.4 is 15.6 Å². The van der Waals surface area contributed by atoms with E-state index in [4.69, 9.17) is 38.3 Å². The molecule has 9 nitrogen and oxygen atoms in total. The molecule has 1 saturated heterocycles. The molecular weight excluding hydrogens is 605 g/mol. The van der Waals surface area contributed by atoms with Gasteiger partial charge in [-0.25, -0.2) is 5.43 Å². The van der Waals surface area contributed by atoms with Gasteiger partial charge in [0.05, 0.1) is 12.8 Å². The van der Waals surface area contributed by atoms with Gasteiger partial charge in [0.2, 0.25) is 17.8 Å². The van der Waals surface area contributed by atoms with Crippen molar-refractivity contribution in [2.75, 3.05) is 28.7 Å². The number of halogens is 2. The van der Waals surface area contributed by atoms with Crippen LogP contribution in [0.15, 0.2) is 78.0 Å². The maximum atomic E-state index is 6.46. The van der Waals surface area contributed by atoms with Crippen molar-refractivity contribution in [3.8, 4) is 11.3 Å². The summed E-state index contributed by atoms with van der Waals surface area (Å²) in [6, 6.07) is 21.6. The highest BCUT2D eigenvalue weighted by atomic mass is 35.5. The summed E-state index contributed by atoms with van der Waals surface area (Å²) in [6.45, 7) is 8.74. The molecule has 45 heavy (non-hydrogen) atoms. The van der Waals surface area contributed by atoms with E-state index in [0.717, 1.165) is 59.6 Å². The molecule has 0 aliphatic carbocycles. The van der Waals surface area contributed by atoms with Crippen LogP contribution in [0.1, 0.15) is 42.0 Å². The first kappa shape index (κ1) is 30.6. The van der Waals surface area contributed by atoms with Crippen molar-refractivity contribution >= 4 is 52.9 Å². The minimum Gasteiger partial charge on any atom is -0.341 e. The second-order valence-electron chi connectivity index (χ2n) is 11.4. The molecule has 3 heterocycles. The summed E-state index contributed by atoms with van der Waals surface area (Å²) in [5.41, 5.74) is 9.85. The van der Waals surface area contributed by atoms with Crippen molar-refractivity contribution in [1.29, 1.82) is 0 Å². The quantitative estimate of drug-likeness (QED) is 0.124. The lowest BCUT2D eigenvalue weighted by atomic mass is 10.00. The summed E-state index contributed by atoms with van der Waals surface area (Å²) in [5, 5.41) is 14.0. The molecule has 0 amide bonds. The SMILES string of the molecule is Cc1cccc(Nc2nc(N/N=C\c3cn(Cc4ccc(Cl)cc4Cl)nc3-c3ccccc3)nc(N3CCC(C)CC3)n2)c1C. The van der Waals surface area contributed by atoms with Crippen molar-refractivity contribution < 1.29 is 0 Å². The van der Waals surface area contributed by atoms with E-state index in [1.165, 1.54) is 5.56 Å². The molecule has 2 N–H and O–H groups in total. The predicted octanol–water partition coefficient (Wildman–Crippen LogP) is 8.13. The highest BCUT2D eigenvalue weighted by molar-refractivity contribution is 6.35. The lowest BCUT2D eigenvalue weighted by Gasteiger charge is -2.30. The zero-order chi connectivity index (χ0) is 31.3. The number of benzene rings is 3. The Kier molecular flexibility index (Phi) is 9.28. The van der Waals surface area contributed by atoms with Crippen LogP contribution >= 0.6 is 23.2 Å². The largest absolute Gasteiger partial charge is 0.341 e. The molecule has 0 saturated carbocycles. The normalized spacial score (nSPS) is 13.8. The van der Waals surface area contributed by atoms with Crippen LogP contribution in [0.25, 0.3) is 11.3 Å². The van der Waals surface area contributed by atoms with Gasteiger partial charge in [-0.05, 0) is 67.5 Å². The van der Waals surface area contributed by atoms with Crippen molar-refractivity contribution in [3.05, 3.63) is 105 Å². The summed E-state index contributed by atoms with van der Waals surface area (Å²) in [6.07, 6.45) is 5.87. The third-order valence-electron chi connectivity index (χ3n) is 8.09. The fourth-order valence-corrected chi connectivity index (χ4v) is 5.71. The monoisotopic (exact) mass is 639 g/mol. The van der Waals surface area contributed by atoms with Gasteiger partial charge in [0.1, 0.15) is 5.69 Å². The number of nitrogens with zero attached hydrogens (tertiary/aromatic N) is 7. The molecule has 1 fully saturated rings. The molecule has 0 spiro atoms. The van der Waals surface area contributed by atoms with Crippen LogP contribution in [0.5, 0.6) is 0 Å². The van der Waals surface area contributed by atoms with Gasteiger partial charge in [0.25, 0.3) is 0 Å². The number of aryl methyl sites for hydroxylation is 1. The van der Waals surface area contributed by atoms with E-state index in [0.29, 0.717) is 40.4 Å². The number of anilines is 4. The van der Waals surface area contributed by atoms with E-state index in [9.17, 15) is 0 Å². The highest BCUT2D eigenvalue weighted by Crippen LogP contribution is 2.27. The smallest absolute Gasteiger partial charge is 0.250 e. The fraction of sp³-hybridized carbons (Fsp3) is 0.265. The Hall–Kier alpha value is -4.47. The second-order valence-corrected chi connectivity index (χ2v) is 12.3. The summed E-state index contributed by atoms with van der Waals surface area (Å²) < 4.78 is 1.85. The van der Waals surface area contributed by atoms with Gasteiger partial charge in [0.15, 0.2) is 0 Å². The second kappa shape index (κ2) is 13.7. The Morgan fingerprint density at radius 2 is 1.71 bits per heavy atom. The number of nitrogens with one attached hydrogen (secondary N) is 2. The first-order valence-electron chi connectivity index (χ1n) is 15.0. The molecule has 5 aromatic rings. The number of hydrogen-bond donors (Lipinski definition) is 2. The van der Waals surface area contributed by atoms with Crippen LogP contribution in [-0.2, 0) is 6.54 Å². The molecule has 3 aromatic carbocycles. The minimum absolute atomic E-state index is 0.351. The molecule has 6 rings (SSSR count). The molecule has 1 aliphatic rings.